The molecule has 104 valence electrons. The van der Waals surface area contributed by atoms with Crippen LogP contribution >= 0.6 is 0 Å². The Hall–Kier alpha value is -1.95. The normalized spacial score (nSPS) is 10.2. The van der Waals surface area contributed by atoms with E-state index in [9.17, 15) is 9.59 Å². The zero-order chi connectivity index (χ0) is 14.3. The molecule has 0 aliphatic heterocycles. The fraction of sp³-hybridized carbons (Fsp3) is 0.462. The second-order valence-electron chi connectivity index (χ2n) is 4.25. The number of hydrogen-bond acceptors (Lipinski definition) is 4. The average molecular weight is 266 g/mol. The summed E-state index contributed by atoms with van der Waals surface area (Å²) in [6, 6.07) is 2.77. The molecule has 1 aromatic heterocycles. The summed E-state index contributed by atoms with van der Waals surface area (Å²) in [5.41, 5.74) is 0.177. The predicted octanol–water partition coefficient (Wildman–Crippen LogP) is 1.01. The number of amides is 1. The molecule has 6 heteroatoms. The number of carboxylic acids is 1. The lowest BCUT2D eigenvalue weighted by Gasteiger charge is -2.17. The summed E-state index contributed by atoms with van der Waals surface area (Å²) >= 11 is 0. The SMILES string of the molecule is CN(CCCCCO)C(=O)c1ccnc(C(=O)O)c1. The first-order valence-corrected chi connectivity index (χ1v) is 6.12. The fourth-order valence-electron chi connectivity index (χ4n) is 1.64. The smallest absolute Gasteiger partial charge is 0.354 e. The lowest BCUT2D eigenvalue weighted by molar-refractivity contribution is 0.0690. The van der Waals surface area contributed by atoms with Crippen LogP contribution in [0.1, 0.15) is 40.1 Å². The number of carboxylic acid groups (broad SMARTS) is 1. The van der Waals surface area contributed by atoms with Crippen LogP contribution in [-0.2, 0) is 0 Å². The quantitative estimate of drug-likeness (QED) is 0.719. The van der Waals surface area contributed by atoms with E-state index in [-0.39, 0.29) is 18.2 Å². The van der Waals surface area contributed by atoms with Gasteiger partial charge in [0, 0.05) is 32.0 Å². The van der Waals surface area contributed by atoms with E-state index in [1.807, 2.05) is 0 Å². The van der Waals surface area contributed by atoms with E-state index in [0.717, 1.165) is 19.3 Å². The molecular formula is C13H18N2O4. The summed E-state index contributed by atoms with van der Waals surface area (Å²) in [6.07, 6.45) is 3.70. The Kier molecular flexibility index (Phi) is 5.95. The molecule has 0 fully saturated rings. The van der Waals surface area contributed by atoms with Crippen molar-refractivity contribution in [2.45, 2.75) is 19.3 Å². The van der Waals surface area contributed by atoms with Crippen LogP contribution in [0.4, 0.5) is 0 Å². The van der Waals surface area contributed by atoms with Crippen LogP contribution in [0.3, 0.4) is 0 Å². The van der Waals surface area contributed by atoms with Crippen LogP contribution in [0.15, 0.2) is 18.3 Å². The van der Waals surface area contributed by atoms with Gasteiger partial charge in [0.05, 0.1) is 0 Å². The molecule has 19 heavy (non-hydrogen) atoms. The van der Waals surface area contributed by atoms with Crippen LogP contribution < -0.4 is 0 Å². The summed E-state index contributed by atoms with van der Waals surface area (Å²) in [5, 5.41) is 17.5. The van der Waals surface area contributed by atoms with Gasteiger partial charge in [0.2, 0.25) is 0 Å². The number of rotatable bonds is 7. The summed E-state index contributed by atoms with van der Waals surface area (Å²) in [5.74, 6) is -1.38. The topological polar surface area (TPSA) is 90.7 Å². The largest absolute Gasteiger partial charge is 0.477 e. The molecule has 0 aliphatic rings. The molecule has 1 heterocycles. The fourth-order valence-corrected chi connectivity index (χ4v) is 1.64. The van der Waals surface area contributed by atoms with Gasteiger partial charge >= 0.3 is 5.97 Å². The summed E-state index contributed by atoms with van der Waals surface area (Å²) in [4.78, 5) is 28.0. The molecule has 2 N–H and O–H groups in total. The first-order chi connectivity index (χ1) is 9.06. The lowest BCUT2D eigenvalue weighted by atomic mass is 10.2. The van der Waals surface area contributed by atoms with Gasteiger partial charge in [0.15, 0.2) is 0 Å². The number of carbonyl (C=O) groups excluding carboxylic acids is 1. The zero-order valence-electron chi connectivity index (χ0n) is 10.9. The monoisotopic (exact) mass is 266 g/mol. The standard InChI is InChI=1S/C13H18N2O4/c1-15(7-3-2-4-8-16)12(17)10-5-6-14-11(9-10)13(18)19/h5-6,9,16H,2-4,7-8H2,1H3,(H,18,19). The molecule has 6 nitrogen and oxygen atoms in total. The molecule has 0 radical (unpaired) electrons. The maximum absolute atomic E-state index is 12.0. The summed E-state index contributed by atoms with van der Waals surface area (Å²) in [6.45, 7) is 0.730. The molecule has 1 rings (SSSR count). The van der Waals surface area contributed by atoms with Gasteiger partial charge in [0.1, 0.15) is 5.69 Å². The van der Waals surface area contributed by atoms with Crippen molar-refractivity contribution in [3.05, 3.63) is 29.6 Å². The number of carbonyl (C=O) groups is 2. The second-order valence-corrected chi connectivity index (χ2v) is 4.25. The predicted molar refractivity (Wildman–Crippen MR) is 69.1 cm³/mol. The Labute approximate surface area is 111 Å². The first-order valence-electron chi connectivity index (χ1n) is 6.12. The highest BCUT2D eigenvalue weighted by Crippen LogP contribution is 2.07. The van der Waals surface area contributed by atoms with E-state index >= 15 is 0 Å². The highest BCUT2D eigenvalue weighted by molar-refractivity contribution is 5.96. The molecule has 0 atom stereocenters. The van der Waals surface area contributed by atoms with E-state index < -0.39 is 5.97 Å². The Balaban J connectivity index is 2.61. The third-order valence-electron chi connectivity index (χ3n) is 2.72. The van der Waals surface area contributed by atoms with E-state index in [2.05, 4.69) is 4.98 Å². The minimum Gasteiger partial charge on any atom is -0.477 e. The van der Waals surface area contributed by atoms with Crippen LogP contribution in [0, 0.1) is 0 Å². The van der Waals surface area contributed by atoms with Gasteiger partial charge in [-0.3, -0.25) is 4.79 Å². The van der Waals surface area contributed by atoms with Gasteiger partial charge in [-0.1, -0.05) is 0 Å². The molecule has 0 aliphatic carbocycles. The third-order valence-corrected chi connectivity index (χ3v) is 2.72. The Morgan fingerprint density at radius 3 is 2.68 bits per heavy atom. The van der Waals surface area contributed by atoms with Gasteiger partial charge in [-0.15, -0.1) is 0 Å². The molecule has 0 saturated carbocycles. The molecule has 0 unspecified atom stereocenters. The maximum atomic E-state index is 12.0. The van der Waals surface area contributed by atoms with Crippen molar-refractivity contribution in [2.24, 2.45) is 0 Å². The number of unbranched alkanes of at least 4 members (excludes halogenated alkanes) is 2. The van der Waals surface area contributed by atoms with Crippen molar-refractivity contribution >= 4 is 11.9 Å². The number of hydrogen-bond donors (Lipinski definition) is 2. The third kappa shape index (κ3) is 4.67. The molecule has 1 aromatic rings. The van der Waals surface area contributed by atoms with Crippen molar-refractivity contribution in [1.82, 2.24) is 9.88 Å². The lowest BCUT2D eigenvalue weighted by Crippen LogP contribution is -2.28. The molecule has 0 aromatic carbocycles. The van der Waals surface area contributed by atoms with E-state index in [0.29, 0.717) is 12.1 Å². The van der Waals surface area contributed by atoms with Gasteiger partial charge < -0.3 is 15.1 Å². The average Bonchev–Trinajstić information content (AvgIpc) is 2.42. The Morgan fingerprint density at radius 1 is 1.32 bits per heavy atom. The van der Waals surface area contributed by atoms with Gasteiger partial charge in [-0.25, -0.2) is 9.78 Å². The number of pyridine rings is 1. The van der Waals surface area contributed by atoms with Crippen LogP contribution in [0.5, 0.6) is 0 Å². The highest BCUT2D eigenvalue weighted by atomic mass is 16.4. The van der Waals surface area contributed by atoms with Crippen molar-refractivity contribution in [1.29, 1.82) is 0 Å². The van der Waals surface area contributed by atoms with Crippen molar-refractivity contribution < 1.29 is 19.8 Å². The van der Waals surface area contributed by atoms with Gasteiger partial charge in [-0.2, -0.15) is 0 Å². The number of nitrogens with zero attached hydrogens (tertiary/aromatic N) is 2. The maximum Gasteiger partial charge on any atom is 0.354 e. The first kappa shape index (κ1) is 15.1. The van der Waals surface area contributed by atoms with Crippen LogP contribution in [0.25, 0.3) is 0 Å². The van der Waals surface area contributed by atoms with Gasteiger partial charge in [0.25, 0.3) is 5.91 Å². The van der Waals surface area contributed by atoms with E-state index in [1.165, 1.54) is 18.3 Å². The summed E-state index contributed by atoms with van der Waals surface area (Å²) in [7, 11) is 1.67. The molecule has 0 saturated heterocycles. The minimum absolute atomic E-state index is 0.139. The number of aromatic nitrogens is 1. The van der Waals surface area contributed by atoms with Crippen molar-refractivity contribution in [3.63, 3.8) is 0 Å². The Bertz CT molecular complexity index is 448. The number of aromatic carboxylic acids is 1. The molecule has 0 bridgehead atoms. The molecule has 0 spiro atoms. The molecule has 1 amide bonds. The number of aliphatic hydroxyl groups excluding tert-OH is 1. The Morgan fingerprint density at radius 2 is 2.05 bits per heavy atom. The van der Waals surface area contributed by atoms with Gasteiger partial charge in [-0.05, 0) is 31.4 Å². The van der Waals surface area contributed by atoms with E-state index in [1.54, 1.807) is 11.9 Å². The highest BCUT2D eigenvalue weighted by Gasteiger charge is 2.14. The van der Waals surface area contributed by atoms with Crippen molar-refractivity contribution in [3.8, 4) is 0 Å². The van der Waals surface area contributed by atoms with Crippen molar-refractivity contribution in [2.75, 3.05) is 20.2 Å². The van der Waals surface area contributed by atoms with Crippen LogP contribution in [-0.4, -0.2) is 52.2 Å². The minimum atomic E-state index is -1.15. The zero-order valence-corrected chi connectivity index (χ0v) is 10.9. The number of aliphatic hydroxyl groups is 1. The van der Waals surface area contributed by atoms with Crippen LogP contribution in [0.2, 0.25) is 0 Å². The second kappa shape index (κ2) is 7.48. The van der Waals surface area contributed by atoms with E-state index in [4.69, 9.17) is 10.2 Å². The molecular weight excluding hydrogens is 248 g/mol. The summed E-state index contributed by atoms with van der Waals surface area (Å²) < 4.78 is 0.